The van der Waals surface area contributed by atoms with Gasteiger partial charge in [0.2, 0.25) is 0 Å². The quantitative estimate of drug-likeness (QED) is 0.478. The number of esters is 1. The van der Waals surface area contributed by atoms with Gasteiger partial charge in [-0.2, -0.15) is 0 Å². The van der Waals surface area contributed by atoms with Crippen LogP contribution in [-0.2, 0) is 9.53 Å². The van der Waals surface area contributed by atoms with Crippen LogP contribution in [0.25, 0.3) is 0 Å². The fourth-order valence-corrected chi connectivity index (χ4v) is 1.20. The van der Waals surface area contributed by atoms with Gasteiger partial charge in [0, 0.05) is 0 Å². The molecule has 1 rings (SSSR count). The van der Waals surface area contributed by atoms with Crippen LogP contribution in [0.3, 0.4) is 0 Å². The van der Waals surface area contributed by atoms with Gasteiger partial charge in [-0.1, -0.05) is 20.8 Å². The Balaban J connectivity index is 2.60. The Morgan fingerprint density at radius 1 is 1.40 bits per heavy atom. The van der Waals surface area contributed by atoms with Crippen LogP contribution in [-0.4, -0.2) is 12.6 Å². The third-order valence-corrected chi connectivity index (χ3v) is 2.55. The fraction of sp³-hybridized carbons (Fsp3) is 0.875. The summed E-state index contributed by atoms with van der Waals surface area (Å²) < 4.78 is 4.93. The van der Waals surface area contributed by atoms with Crippen LogP contribution in [0.2, 0.25) is 0 Å². The molecule has 58 valence electrons. The highest BCUT2D eigenvalue weighted by Crippen LogP contribution is 2.26. The number of hydrogen-bond acceptors (Lipinski definition) is 2. The molecule has 2 heteroatoms. The van der Waals surface area contributed by atoms with E-state index in [2.05, 4.69) is 13.8 Å². The van der Waals surface area contributed by atoms with Crippen molar-refractivity contribution in [1.29, 1.82) is 0 Å². The average molecular weight is 142 g/mol. The summed E-state index contributed by atoms with van der Waals surface area (Å²) in [5.74, 6) is 1.04. The Bertz CT molecular complexity index is 142. The number of carbonyl (C=O) groups excluding carboxylic acids is 1. The van der Waals surface area contributed by atoms with Crippen LogP contribution >= 0.6 is 0 Å². The first-order valence-electron chi connectivity index (χ1n) is 3.79. The smallest absolute Gasteiger partial charge is 0.308 e. The molecule has 0 N–H and O–H groups in total. The van der Waals surface area contributed by atoms with E-state index in [1.165, 1.54) is 0 Å². The second kappa shape index (κ2) is 2.60. The van der Waals surface area contributed by atoms with E-state index in [1.807, 2.05) is 6.92 Å². The van der Waals surface area contributed by atoms with Crippen molar-refractivity contribution in [3.63, 3.8) is 0 Å². The minimum atomic E-state index is -0.0365. The Kier molecular flexibility index (Phi) is 1.97. The number of ether oxygens (including phenoxy) is 1. The van der Waals surface area contributed by atoms with Gasteiger partial charge in [-0.3, -0.25) is 4.79 Å². The molecule has 0 radical (unpaired) electrons. The van der Waals surface area contributed by atoms with E-state index < -0.39 is 0 Å². The van der Waals surface area contributed by atoms with Crippen molar-refractivity contribution in [3.8, 4) is 0 Å². The maximum Gasteiger partial charge on any atom is 0.308 e. The van der Waals surface area contributed by atoms with Gasteiger partial charge >= 0.3 is 5.97 Å². The molecule has 10 heavy (non-hydrogen) atoms. The second-order valence-electron chi connectivity index (χ2n) is 3.26. The molecule has 1 saturated heterocycles. The molecule has 1 aliphatic heterocycles. The van der Waals surface area contributed by atoms with E-state index in [9.17, 15) is 4.79 Å². The largest absolute Gasteiger partial charge is 0.465 e. The van der Waals surface area contributed by atoms with E-state index in [-0.39, 0.29) is 11.9 Å². The lowest BCUT2D eigenvalue weighted by Crippen LogP contribution is -2.34. The first-order chi connectivity index (χ1) is 4.63. The Labute approximate surface area is 61.6 Å². The first-order valence-corrected chi connectivity index (χ1v) is 3.79. The van der Waals surface area contributed by atoms with Crippen molar-refractivity contribution in [1.82, 2.24) is 0 Å². The van der Waals surface area contributed by atoms with E-state index in [0.29, 0.717) is 18.4 Å². The molecule has 2 nitrogen and oxygen atoms in total. The van der Waals surface area contributed by atoms with Gasteiger partial charge in [0.25, 0.3) is 0 Å². The van der Waals surface area contributed by atoms with Crippen LogP contribution in [0.15, 0.2) is 0 Å². The zero-order valence-electron chi connectivity index (χ0n) is 6.76. The van der Waals surface area contributed by atoms with Crippen molar-refractivity contribution in [2.24, 2.45) is 17.8 Å². The van der Waals surface area contributed by atoms with Crippen molar-refractivity contribution >= 4 is 5.97 Å². The summed E-state index contributed by atoms with van der Waals surface area (Å²) in [6.07, 6.45) is 0. The number of cyclic esters (lactones) is 1. The fourth-order valence-electron chi connectivity index (χ4n) is 1.20. The SMILES string of the molecule is CC1COC(=O)C(C)C1C. The lowest BCUT2D eigenvalue weighted by molar-refractivity contribution is -0.158. The van der Waals surface area contributed by atoms with E-state index >= 15 is 0 Å². The predicted octanol–water partition coefficient (Wildman–Crippen LogP) is 1.45. The zero-order valence-corrected chi connectivity index (χ0v) is 6.76. The lowest BCUT2D eigenvalue weighted by Gasteiger charge is -2.30. The summed E-state index contributed by atoms with van der Waals surface area (Å²) in [6.45, 7) is 6.76. The monoisotopic (exact) mass is 142 g/mol. The van der Waals surface area contributed by atoms with E-state index in [0.717, 1.165) is 0 Å². The topological polar surface area (TPSA) is 26.3 Å². The van der Waals surface area contributed by atoms with Crippen molar-refractivity contribution < 1.29 is 9.53 Å². The summed E-state index contributed by atoms with van der Waals surface area (Å²) in [5.41, 5.74) is 0. The molecule has 0 aromatic carbocycles. The molecule has 1 fully saturated rings. The van der Waals surface area contributed by atoms with Gasteiger partial charge in [0.05, 0.1) is 12.5 Å². The maximum absolute atomic E-state index is 10.9. The molecule has 1 aliphatic rings. The van der Waals surface area contributed by atoms with E-state index in [1.54, 1.807) is 0 Å². The van der Waals surface area contributed by atoms with Crippen molar-refractivity contribution in [2.45, 2.75) is 20.8 Å². The van der Waals surface area contributed by atoms with Gasteiger partial charge in [-0.15, -0.1) is 0 Å². The molecule has 3 unspecified atom stereocenters. The predicted molar refractivity (Wildman–Crippen MR) is 38.5 cm³/mol. The third kappa shape index (κ3) is 1.15. The van der Waals surface area contributed by atoms with Gasteiger partial charge in [-0.25, -0.2) is 0 Å². The standard InChI is InChI=1S/C8H14O2/c1-5-4-10-8(9)7(3)6(5)2/h5-7H,4H2,1-3H3. The molecule has 0 bridgehead atoms. The number of carbonyl (C=O) groups is 1. The molecule has 1 heterocycles. The number of hydrogen-bond donors (Lipinski definition) is 0. The third-order valence-electron chi connectivity index (χ3n) is 2.55. The van der Waals surface area contributed by atoms with Gasteiger partial charge in [0.15, 0.2) is 0 Å². The molecular weight excluding hydrogens is 128 g/mol. The maximum atomic E-state index is 10.9. The molecule has 0 aromatic rings. The summed E-state index contributed by atoms with van der Waals surface area (Å²) >= 11 is 0. The Morgan fingerprint density at radius 2 is 2.00 bits per heavy atom. The Morgan fingerprint density at radius 3 is 2.50 bits per heavy atom. The van der Waals surface area contributed by atoms with Crippen LogP contribution < -0.4 is 0 Å². The highest BCUT2D eigenvalue weighted by atomic mass is 16.5. The summed E-state index contributed by atoms with van der Waals surface area (Å²) in [5, 5.41) is 0. The Hall–Kier alpha value is -0.530. The second-order valence-corrected chi connectivity index (χ2v) is 3.26. The van der Waals surface area contributed by atoms with Crippen LogP contribution in [0, 0.1) is 17.8 Å². The van der Waals surface area contributed by atoms with E-state index in [4.69, 9.17) is 4.74 Å². The lowest BCUT2D eigenvalue weighted by atomic mass is 9.84. The molecule has 0 spiro atoms. The summed E-state index contributed by atoms with van der Waals surface area (Å²) in [7, 11) is 0. The molecular formula is C8H14O2. The minimum Gasteiger partial charge on any atom is -0.465 e. The summed E-state index contributed by atoms with van der Waals surface area (Å²) in [4.78, 5) is 10.9. The highest BCUT2D eigenvalue weighted by Gasteiger charge is 2.31. The molecule has 3 atom stereocenters. The zero-order chi connectivity index (χ0) is 7.72. The molecule has 0 amide bonds. The molecule has 0 aliphatic carbocycles. The van der Waals surface area contributed by atoms with Gasteiger partial charge in [0.1, 0.15) is 0 Å². The van der Waals surface area contributed by atoms with Gasteiger partial charge < -0.3 is 4.74 Å². The van der Waals surface area contributed by atoms with Crippen LogP contribution in [0.4, 0.5) is 0 Å². The van der Waals surface area contributed by atoms with Gasteiger partial charge in [-0.05, 0) is 11.8 Å². The normalized spacial score (nSPS) is 41.1. The molecule has 0 aromatic heterocycles. The average Bonchev–Trinajstić information content (AvgIpc) is 1.93. The van der Waals surface area contributed by atoms with Crippen molar-refractivity contribution in [2.75, 3.05) is 6.61 Å². The molecule has 0 saturated carbocycles. The summed E-state index contributed by atoms with van der Waals surface area (Å²) in [6, 6.07) is 0. The first kappa shape index (κ1) is 7.58. The minimum absolute atomic E-state index is 0.0365. The number of rotatable bonds is 0. The highest BCUT2D eigenvalue weighted by molar-refractivity contribution is 5.73. The van der Waals surface area contributed by atoms with Crippen molar-refractivity contribution in [3.05, 3.63) is 0 Å². The van der Waals surface area contributed by atoms with Crippen LogP contribution in [0.5, 0.6) is 0 Å². The van der Waals surface area contributed by atoms with Crippen LogP contribution in [0.1, 0.15) is 20.8 Å².